The Morgan fingerprint density at radius 1 is 0.724 bits per heavy atom. The van der Waals surface area contributed by atoms with Gasteiger partial charge in [-0.05, 0) is 40.0 Å². The molecule has 0 aliphatic carbocycles. The highest BCUT2D eigenvalue weighted by molar-refractivity contribution is 6.05. The Kier molecular flexibility index (Phi) is 25.5. The van der Waals surface area contributed by atoms with Crippen LogP contribution in [0.2, 0.25) is 0 Å². The van der Waals surface area contributed by atoms with Gasteiger partial charge in [0.1, 0.15) is 5.60 Å². The summed E-state index contributed by atoms with van der Waals surface area (Å²) in [5.41, 5.74) is -0.330. The first-order valence-electron chi connectivity index (χ1n) is 11.0. The molecule has 0 spiro atoms. The van der Waals surface area contributed by atoms with Crippen LogP contribution in [-0.4, -0.2) is 39.1 Å². The Labute approximate surface area is 181 Å². The van der Waals surface area contributed by atoms with E-state index in [1.54, 1.807) is 0 Å². The summed E-state index contributed by atoms with van der Waals surface area (Å²) in [7, 11) is 0.542. The summed E-state index contributed by atoms with van der Waals surface area (Å²) in [6, 6.07) is 0. The molecule has 0 saturated heterocycles. The first-order valence-corrected chi connectivity index (χ1v) is 11.9. The van der Waals surface area contributed by atoms with Crippen LogP contribution in [0.1, 0.15) is 119 Å². The quantitative estimate of drug-likeness (QED) is 0.265. The highest BCUT2D eigenvalue weighted by Gasteiger charge is 2.15. The number of ether oxygens (including phenoxy) is 1. The number of unbranched alkanes of at least 4 members (excludes halogenated alkanes) is 6. The number of aliphatic carboxylic acids is 1. The lowest BCUT2D eigenvalue weighted by atomic mass is 10.2. The number of carboxylic acid groups (broad SMARTS) is 1. The third-order valence-corrected chi connectivity index (χ3v) is 4.07. The molecule has 0 heterocycles. The van der Waals surface area contributed by atoms with E-state index in [0.29, 0.717) is 29.7 Å². The van der Waals surface area contributed by atoms with E-state index in [2.05, 4.69) is 25.2 Å². The van der Waals surface area contributed by atoms with E-state index in [0.717, 1.165) is 57.8 Å². The fourth-order valence-corrected chi connectivity index (χ4v) is 2.26. The van der Waals surface area contributed by atoms with Crippen molar-refractivity contribution in [2.24, 2.45) is 0 Å². The molecular weight excluding hydrogens is 388 g/mol. The number of carbonyl (C=O) groups is 3. The summed E-state index contributed by atoms with van der Waals surface area (Å²) < 4.78 is 9.74. The summed E-state index contributed by atoms with van der Waals surface area (Å²) in [5.74, 6) is -0.787. The van der Waals surface area contributed by atoms with E-state index in [-0.39, 0.29) is 17.5 Å². The number of rotatable bonds is 12. The number of carboxylic acids is 1. The van der Waals surface area contributed by atoms with Gasteiger partial charge in [-0.3, -0.25) is 14.4 Å². The minimum atomic E-state index is -0.682. The van der Waals surface area contributed by atoms with Crippen molar-refractivity contribution in [3.05, 3.63) is 0 Å². The third kappa shape index (κ3) is 38.0. The second kappa shape index (κ2) is 22.9. The standard InChI is InChI=1S/C10H20O2.C6H14O2Si.C6H12O2/c1-5-6-7-8-9(11)12-10(2,3)4;1-2-3-4-5-6(7)8-9;1-2-3-4-5-6(7)8/h5-8H2,1-4H3;2-5H2,1,9H3;2-5H2,1H3,(H,7,8). The van der Waals surface area contributed by atoms with Gasteiger partial charge in [0.05, 0.1) is 0 Å². The molecule has 0 amide bonds. The number of esters is 1. The lowest BCUT2D eigenvalue weighted by Gasteiger charge is -2.19. The van der Waals surface area contributed by atoms with E-state index < -0.39 is 5.97 Å². The number of carbonyl (C=O) groups excluding carboxylic acids is 2. The third-order valence-electron chi connectivity index (χ3n) is 3.61. The first kappa shape index (κ1) is 32.3. The average Bonchev–Trinajstić information content (AvgIpc) is 2.61. The van der Waals surface area contributed by atoms with Gasteiger partial charge >= 0.3 is 11.9 Å². The minimum Gasteiger partial charge on any atom is -0.529 e. The van der Waals surface area contributed by atoms with E-state index >= 15 is 0 Å². The molecule has 0 aliphatic heterocycles. The Morgan fingerprint density at radius 2 is 1.10 bits per heavy atom. The van der Waals surface area contributed by atoms with Crippen molar-refractivity contribution in [1.29, 1.82) is 0 Å². The maximum absolute atomic E-state index is 11.1. The zero-order valence-electron chi connectivity index (χ0n) is 20.0. The molecule has 0 aromatic carbocycles. The Hall–Kier alpha value is -1.37. The van der Waals surface area contributed by atoms with Gasteiger partial charge in [0.2, 0.25) is 10.5 Å². The lowest BCUT2D eigenvalue weighted by molar-refractivity contribution is -0.155. The topological polar surface area (TPSA) is 89.9 Å². The van der Waals surface area contributed by atoms with E-state index in [1.165, 1.54) is 0 Å². The van der Waals surface area contributed by atoms with Crippen LogP contribution in [0.15, 0.2) is 0 Å². The Morgan fingerprint density at radius 3 is 1.41 bits per heavy atom. The summed E-state index contributed by atoms with van der Waals surface area (Å²) in [6.45, 7) is 12.0. The molecule has 0 fully saturated rings. The van der Waals surface area contributed by atoms with Crippen molar-refractivity contribution in [2.45, 2.75) is 124 Å². The molecule has 0 rings (SSSR count). The molecule has 0 aliphatic rings. The van der Waals surface area contributed by atoms with Crippen molar-refractivity contribution in [1.82, 2.24) is 0 Å². The predicted octanol–water partition coefficient (Wildman–Crippen LogP) is 4.95. The van der Waals surface area contributed by atoms with Crippen molar-refractivity contribution < 1.29 is 28.7 Å². The summed E-state index contributed by atoms with van der Waals surface area (Å²) >= 11 is 0. The van der Waals surface area contributed by atoms with Gasteiger partial charge in [-0.2, -0.15) is 0 Å². The predicted molar refractivity (Wildman–Crippen MR) is 122 cm³/mol. The first-order chi connectivity index (χ1) is 13.5. The molecule has 174 valence electrons. The largest absolute Gasteiger partial charge is 0.529 e. The second-order valence-corrected chi connectivity index (χ2v) is 8.34. The maximum atomic E-state index is 11.1. The smallest absolute Gasteiger partial charge is 0.306 e. The highest BCUT2D eigenvalue weighted by atomic mass is 28.2. The van der Waals surface area contributed by atoms with Crippen LogP contribution in [-0.2, 0) is 23.5 Å². The Bertz CT molecular complexity index is 405. The highest BCUT2D eigenvalue weighted by Crippen LogP contribution is 2.10. The van der Waals surface area contributed by atoms with E-state index in [9.17, 15) is 14.4 Å². The molecule has 0 saturated carbocycles. The monoisotopic (exact) mass is 434 g/mol. The molecule has 0 unspecified atom stereocenters. The molecule has 0 bridgehead atoms. The molecule has 29 heavy (non-hydrogen) atoms. The molecule has 0 atom stereocenters. The van der Waals surface area contributed by atoms with Crippen LogP contribution < -0.4 is 0 Å². The second-order valence-electron chi connectivity index (χ2n) is 7.93. The van der Waals surface area contributed by atoms with Crippen molar-refractivity contribution in [3.63, 3.8) is 0 Å². The molecule has 0 aromatic rings. The fourth-order valence-electron chi connectivity index (χ4n) is 2.06. The van der Waals surface area contributed by atoms with Crippen LogP contribution in [0.4, 0.5) is 0 Å². The van der Waals surface area contributed by atoms with Gasteiger partial charge in [0.15, 0.2) is 0 Å². The number of hydrogen-bond acceptors (Lipinski definition) is 5. The van der Waals surface area contributed by atoms with Crippen LogP contribution >= 0.6 is 0 Å². The van der Waals surface area contributed by atoms with Crippen LogP contribution in [0.3, 0.4) is 0 Å². The van der Waals surface area contributed by atoms with Gasteiger partial charge in [-0.1, -0.05) is 59.3 Å². The van der Waals surface area contributed by atoms with Crippen molar-refractivity contribution in [2.75, 3.05) is 0 Å². The molecule has 7 heteroatoms. The SMILES string of the molecule is CCCCCC(=O)O.CCCCCC(=O)OC(C)(C)C.CCCCCC(=O)O[SiH3]. The molecule has 0 radical (unpaired) electrons. The normalized spacial score (nSPS) is 10.1. The maximum Gasteiger partial charge on any atom is 0.306 e. The zero-order chi connectivity index (χ0) is 23.1. The minimum absolute atomic E-state index is 0.0323. The fraction of sp³-hybridized carbons (Fsp3) is 0.864. The van der Waals surface area contributed by atoms with Crippen LogP contribution in [0.5, 0.6) is 0 Å². The zero-order valence-corrected chi connectivity index (χ0v) is 22.0. The Balaban J connectivity index is -0.000000359. The van der Waals surface area contributed by atoms with Gasteiger partial charge in [0, 0.05) is 19.3 Å². The summed E-state index contributed by atoms with van der Waals surface area (Å²) in [5, 5.41) is 8.14. The number of hydrogen-bond donors (Lipinski definition) is 1. The van der Waals surface area contributed by atoms with E-state index in [4.69, 9.17) is 9.84 Å². The van der Waals surface area contributed by atoms with Crippen molar-refractivity contribution in [3.8, 4) is 0 Å². The van der Waals surface area contributed by atoms with Crippen LogP contribution in [0.25, 0.3) is 0 Å². The molecule has 1 N–H and O–H groups in total. The average molecular weight is 435 g/mol. The molecule has 6 nitrogen and oxygen atoms in total. The van der Waals surface area contributed by atoms with Gasteiger partial charge in [-0.15, -0.1) is 0 Å². The van der Waals surface area contributed by atoms with Gasteiger partial charge in [-0.25, -0.2) is 0 Å². The van der Waals surface area contributed by atoms with Crippen molar-refractivity contribution >= 4 is 28.4 Å². The molecule has 0 aromatic heterocycles. The van der Waals surface area contributed by atoms with Crippen LogP contribution in [0, 0.1) is 0 Å². The summed E-state index contributed by atoms with van der Waals surface area (Å²) in [4.78, 5) is 31.5. The lowest BCUT2D eigenvalue weighted by Crippen LogP contribution is -2.23. The van der Waals surface area contributed by atoms with Gasteiger partial charge in [0.25, 0.3) is 5.97 Å². The van der Waals surface area contributed by atoms with Gasteiger partial charge < -0.3 is 14.3 Å². The molecular formula is C22H46O6Si. The van der Waals surface area contributed by atoms with E-state index in [1.807, 2.05) is 20.8 Å². The summed E-state index contributed by atoms with van der Waals surface area (Å²) in [6.07, 6.45) is 10.9.